The maximum atomic E-state index is 14.2. The van der Waals surface area contributed by atoms with Gasteiger partial charge in [0, 0.05) is 67.7 Å². The van der Waals surface area contributed by atoms with Gasteiger partial charge in [-0.25, -0.2) is 14.4 Å². The summed E-state index contributed by atoms with van der Waals surface area (Å²) < 4.78 is 14.2. The average Bonchev–Trinajstić information content (AvgIpc) is 3.47. The fraction of sp³-hybridized carbons (Fsp3) is 0.450. The zero-order valence-corrected chi connectivity index (χ0v) is 19.3. The molecule has 1 aliphatic carbocycles. The zero-order valence-electron chi connectivity index (χ0n) is 16.3. The average molecular weight is 531 g/mol. The summed E-state index contributed by atoms with van der Waals surface area (Å²) in [7, 11) is 0. The van der Waals surface area contributed by atoms with Crippen LogP contribution in [0, 0.1) is 5.82 Å². The van der Waals surface area contributed by atoms with Crippen molar-refractivity contribution in [2.45, 2.75) is 25.3 Å². The van der Waals surface area contributed by atoms with Gasteiger partial charge in [-0.2, -0.15) is 0 Å². The summed E-state index contributed by atoms with van der Waals surface area (Å²) in [6, 6.07) is 6.86. The standard InChI is InChI=1S/C20H24ClFN6.HI/c1-2-23-20(26-17-13-14(17)18-15(21)5-3-6-16(18)22)28-11-9-27(10-12-28)19-24-7-4-8-25-19;/h3-8,14,17H,2,9-13H2,1H3,(H,23,26);1H. The lowest BCUT2D eigenvalue weighted by Crippen LogP contribution is -2.53. The Labute approximate surface area is 192 Å². The highest BCUT2D eigenvalue weighted by atomic mass is 127. The number of benzene rings is 1. The van der Waals surface area contributed by atoms with E-state index in [1.165, 1.54) is 6.07 Å². The monoisotopic (exact) mass is 530 g/mol. The quantitative estimate of drug-likeness (QED) is 0.372. The Morgan fingerprint density at radius 3 is 2.59 bits per heavy atom. The summed E-state index contributed by atoms with van der Waals surface area (Å²) in [5.41, 5.74) is 0.614. The van der Waals surface area contributed by atoms with Crippen LogP contribution in [0.15, 0.2) is 41.7 Å². The number of aliphatic imine (C=N–C) groups is 1. The van der Waals surface area contributed by atoms with Crippen molar-refractivity contribution in [2.75, 3.05) is 37.6 Å². The largest absolute Gasteiger partial charge is 0.353 e. The number of nitrogens with zero attached hydrogens (tertiary/aromatic N) is 5. The van der Waals surface area contributed by atoms with Crippen LogP contribution in [-0.2, 0) is 0 Å². The second-order valence-electron chi connectivity index (χ2n) is 7.05. The molecule has 0 radical (unpaired) electrons. The van der Waals surface area contributed by atoms with E-state index in [-0.39, 0.29) is 41.8 Å². The molecule has 1 aromatic carbocycles. The first-order valence-electron chi connectivity index (χ1n) is 9.69. The predicted molar refractivity (Wildman–Crippen MR) is 125 cm³/mol. The normalized spacial score (nSPS) is 21.6. The number of guanidine groups is 1. The number of hydrogen-bond acceptors (Lipinski definition) is 4. The Kier molecular flexibility index (Phi) is 7.50. The van der Waals surface area contributed by atoms with Gasteiger partial charge in [-0.05, 0) is 31.5 Å². The molecular weight excluding hydrogens is 506 g/mol. The highest BCUT2D eigenvalue weighted by Gasteiger charge is 2.42. The number of halogens is 3. The Balaban J connectivity index is 0.00000240. The van der Waals surface area contributed by atoms with E-state index in [0.29, 0.717) is 17.1 Å². The van der Waals surface area contributed by atoms with Gasteiger partial charge in [-0.3, -0.25) is 4.99 Å². The number of rotatable bonds is 4. The summed E-state index contributed by atoms with van der Waals surface area (Å²) in [6.07, 6.45) is 4.39. The second-order valence-corrected chi connectivity index (χ2v) is 7.46. The van der Waals surface area contributed by atoms with Gasteiger partial charge in [0.2, 0.25) is 5.95 Å². The molecule has 156 valence electrons. The molecule has 4 rings (SSSR count). The SMILES string of the molecule is CCN=C(NC1CC1c1c(F)cccc1Cl)N1CCN(c2ncccn2)CC1.I. The molecule has 2 aromatic rings. The van der Waals surface area contributed by atoms with Gasteiger partial charge in [0.05, 0.1) is 0 Å². The van der Waals surface area contributed by atoms with Gasteiger partial charge in [-0.1, -0.05) is 17.7 Å². The van der Waals surface area contributed by atoms with Gasteiger partial charge >= 0.3 is 0 Å². The van der Waals surface area contributed by atoms with E-state index < -0.39 is 0 Å². The number of anilines is 1. The van der Waals surface area contributed by atoms with Crippen molar-refractivity contribution >= 4 is 47.5 Å². The topological polar surface area (TPSA) is 56.7 Å². The molecule has 1 aromatic heterocycles. The number of nitrogens with one attached hydrogen (secondary N) is 1. The van der Waals surface area contributed by atoms with Gasteiger partial charge < -0.3 is 15.1 Å². The van der Waals surface area contributed by atoms with Crippen LogP contribution < -0.4 is 10.2 Å². The Morgan fingerprint density at radius 2 is 1.93 bits per heavy atom. The molecule has 2 aliphatic rings. The molecule has 6 nitrogen and oxygen atoms in total. The lowest BCUT2D eigenvalue weighted by Gasteiger charge is -2.36. The first kappa shape index (κ1) is 22.0. The van der Waals surface area contributed by atoms with E-state index in [9.17, 15) is 4.39 Å². The van der Waals surface area contributed by atoms with Gasteiger partial charge in [0.15, 0.2) is 5.96 Å². The third kappa shape index (κ3) is 5.09. The molecule has 0 amide bonds. The van der Waals surface area contributed by atoms with Crippen molar-refractivity contribution in [1.82, 2.24) is 20.2 Å². The van der Waals surface area contributed by atoms with Crippen molar-refractivity contribution in [1.29, 1.82) is 0 Å². The molecule has 0 bridgehead atoms. The minimum Gasteiger partial charge on any atom is -0.353 e. The smallest absolute Gasteiger partial charge is 0.225 e. The summed E-state index contributed by atoms with van der Waals surface area (Å²) >= 11 is 6.22. The zero-order chi connectivity index (χ0) is 19.5. The third-order valence-electron chi connectivity index (χ3n) is 5.20. The number of aromatic nitrogens is 2. The van der Waals surface area contributed by atoms with Crippen molar-refractivity contribution < 1.29 is 4.39 Å². The Hall–Kier alpha value is -1.68. The fourth-order valence-electron chi connectivity index (χ4n) is 3.66. The van der Waals surface area contributed by atoms with Crippen molar-refractivity contribution in [2.24, 2.45) is 4.99 Å². The van der Waals surface area contributed by atoms with Crippen molar-refractivity contribution in [3.63, 3.8) is 0 Å². The molecule has 2 fully saturated rings. The molecule has 0 spiro atoms. The molecular formula is C20H25ClFIN6. The van der Waals surface area contributed by atoms with Crippen molar-refractivity contribution in [3.8, 4) is 0 Å². The summed E-state index contributed by atoms with van der Waals surface area (Å²) in [6.45, 7) is 6.06. The van der Waals surface area contributed by atoms with Crippen LogP contribution in [-0.4, -0.2) is 59.6 Å². The fourth-order valence-corrected chi connectivity index (χ4v) is 3.97. The summed E-state index contributed by atoms with van der Waals surface area (Å²) in [5, 5.41) is 4.02. The minimum absolute atomic E-state index is 0. The summed E-state index contributed by atoms with van der Waals surface area (Å²) in [5.74, 6) is 1.51. The summed E-state index contributed by atoms with van der Waals surface area (Å²) in [4.78, 5) is 17.7. The first-order chi connectivity index (χ1) is 13.7. The predicted octanol–water partition coefficient (Wildman–Crippen LogP) is 3.53. The van der Waals surface area contributed by atoms with E-state index in [1.54, 1.807) is 24.5 Å². The highest BCUT2D eigenvalue weighted by Crippen LogP contribution is 2.45. The Morgan fingerprint density at radius 1 is 1.21 bits per heavy atom. The molecule has 1 aliphatic heterocycles. The molecule has 1 saturated heterocycles. The van der Waals surface area contributed by atoms with E-state index in [4.69, 9.17) is 11.6 Å². The van der Waals surface area contributed by atoms with Crippen LogP contribution in [0.1, 0.15) is 24.8 Å². The van der Waals surface area contributed by atoms with Gasteiger partial charge in [0.25, 0.3) is 0 Å². The third-order valence-corrected chi connectivity index (χ3v) is 5.53. The molecule has 1 N–H and O–H groups in total. The van der Waals surface area contributed by atoms with E-state index >= 15 is 0 Å². The van der Waals surface area contributed by atoms with Gasteiger partial charge in [0.1, 0.15) is 5.82 Å². The molecule has 1 saturated carbocycles. The number of hydrogen-bond donors (Lipinski definition) is 1. The van der Waals surface area contributed by atoms with Crippen LogP contribution in [0.25, 0.3) is 0 Å². The van der Waals surface area contributed by atoms with E-state index in [2.05, 4.69) is 30.1 Å². The highest BCUT2D eigenvalue weighted by molar-refractivity contribution is 14.0. The van der Waals surface area contributed by atoms with Gasteiger partial charge in [-0.15, -0.1) is 24.0 Å². The van der Waals surface area contributed by atoms with Crippen LogP contribution in [0.2, 0.25) is 5.02 Å². The van der Waals surface area contributed by atoms with Crippen LogP contribution >= 0.6 is 35.6 Å². The molecule has 29 heavy (non-hydrogen) atoms. The van der Waals surface area contributed by atoms with E-state index in [1.807, 2.05) is 13.0 Å². The number of piperazine rings is 1. The molecule has 2 atom stereocenters. The van der Waals surface area contributed by atoms with E-state index in [0.717, 1.165) is 44.5 Å². The van der Waals surface area contributed by atoms with Crippen LogP contribution in [0.4, 0.5) is 10.3 Å². The maximum Gasteiger partial charge on any atom is 0.225 e. The van der Waals surface area contributed by atoms with Crippen LogP contribution in [0.3, 0.4) is 0 Å². The molecule has 9 heteroatoms. The second kappa shape index (κ2) is 9.88. The van der Waals surface area contributed by atoms with Crippen molar-refractivity contribution in [3.05, 3.63) is 53.1 Å². The lowest BCUT2D eigenvalue weighted by molar-refractivity contribution is 0.369. The minimum atomic E-state index is -0.229. The lowest BCUT2D eigenvalue weighted by atomic mass is 10.1. The maximum absolute atomic E-state index is 14.2. The molecule has 2 unspecified atom stereocenters. The first-order valence-corrected chi connectivity index (χ1v) is 10.1. The Bertz CT molecular complexity index is 824. The van der Waals surface area contributed by atoms with Crippen LogP contribution in [0.5, 0.6) is 0 Å². The molecule has 2 heterocycles.